The monoisotopic (exact) mass is 290 g/mol. The minimum absolute atomic E-state index is 0.0466. The summed E-state index contributed by atoms with van der Waals surface area (Å²) in [5.74, 6) is -0.851. The molecule has 0 aliphatic heterocycles. The van der Waals surface area contributed by atoms with E-state index < -0.39 is 37.1 Å². The van der Waals surface area contributed by atoms with Crippen LogP contribution in [0.15, 0.2) is 17.0 Å². The topological polar surface area (TPSA) is 71.4 Å². The summed E-state index contributed by atoms with van der Waals surface area (Å²) in [6.45, 7) is 0. The Hall–Kier alpha value is -1.58. The molecule has 1 N–H and O–H groups in total. The standard InChI is InChI=1S/C11H8ClFO4S/c1-2-3-4-18(16,17)7-5-8(11(14)15)10(12)9(13)6-7/h1,5-6H,3-4H2,(H,14,15). The molecule has 0 saturated carbocycles. The number of terminal acetylenes is 1. The van der Waals surface area contributed by atoms with E-state index in [0.717, 1.165) is 6.07 Å². The molecule has 0 spiro atoms. The first-order valence-electron chi connectivity index (χ1n) is 4.68. The van der Waals surface area contributed by atoms with Gasteiger partial charge in [0, 0.05) is 6.42 Å². The molecule has 18 heavy (non-hydrogen) atoms. The van der Waals surface area contributed by atoms with E-state index in [0.29, 0.717) is 6.07 Å². The maximum Gasteiger partial charge on any atom is 0.337 e. The number of carboxylic acids is 1. The molecule has 7 heteroatoms. The lowest BCUT2D eigenvalue weighted by molar-refractivity contribution is 0.0696. The summed E-state index contributed by atoms with van der Waals surface area (Å²) in [4.78, 5) is 10.3. The molecule has 0 bridgehead atoms. The van der Waals surface area contributed by atoms with Gasteiger partial charge in [-0.25, -0.2) is 17.6 Å². The SMILES string of the molecule is C#CCCS(=O)(=O)c1cc(F)c(Cl)c(C(=O)O)c1. The number of carboxylic acid groups (broad SMARTS) is 1. The summed E-state index contributed by atoms with van der Waals surface area (Å²) in [6, 6.07) is 1.50. The summed E-state index contributed by atoms with van der Waals surface area (Å²) in [5, 5.41) is 8.15. The normalized spacial score (nSPS) is 10.9. The Labute approximate surface area is 108 Å². The van der Waals surface area contributed by atoms with E-state index in [2.05, 4.69) is 5.92 Å². The van der Waals surface area contributed by atoms with Crippen LogP contribution in [0, 0.1) is 18.2 Å². The maximum atomic E-state index is 13.4. The Balaban J connectivity index is 3.36. The fraction of sp³-hybridized carbons (Fsp3) is 0.182. The first-order chi connectivity index (χ1) is 8.29. The zero-order chi connectivity index (χ0) is 13.9. The molecule has 0 fully saturated rings. The van der Waals surface area contributed by atoms with Crippen LogP contribution in [0.25, 0.3) is 0 Å². The quantitative estimate of drug-likeness (QED) is 0.861. The van der Waals surface area contributed by atoms with Crippen molar-refractivity contribution in [1.29, 1.82) is 0 Å². The minimum atomic E-state index is -3.82. The molecule has 0 saturated heterocycles. The lowest BCUT2D eigenvalue weighted by Crippen LogP contribution is -2.09. The van der Waals surface area contributed by atoms with Crippen LogP contribution in [-0.4, -0.2) is 25.2 Å². The zero-order valence-electron chi connectivity index (χ0n) is 8.98. The largest absolute Gasteiger partial charge is 0.478 e. The fourth-order valence-corrected chi connectivity index (χ4v) is 2.60. The Morgan fingerprint density at radius 2 is 2.11 bits per heavy atom. The van der Waals surface area contributed by atoms with Crippen molar-refractivity contribution in [1.82, 2.24) is 0 Å². The number of sulfone groups is 1. The zero-order valence-corrected chi connectivity index (χ0v) is 10.6. The molecule has 0 aliphatic carbocycles. The molecule has 4 nitrogen and oxygen atoms in total. The van der Waals surface area contributed by atoms with Gasteiger partial charge >= 0.3 is 5.97 Å². The van der Waals surface area contributed by atoms with Gasteiger partial charge in [-0.05, 0) is 12.1 Å². The van der Waals surface area contributed by atoms with Gasteiger partial charge in [-0.15, -0.1) is 12.3 Å². The summed E-state index contributed by atoms with van der Waals surface area (Å²) < 4.78 is 36.8. The fourth-order valence-electron chi connectivity index (χ4n) is 1.21. The first-order valence-corrected chi connectivity index (χ1v) is 6.71. The third-order valence-electron chi connectivity index (χ3n) is 2.11. The third kappa shape index (κ3) is 3.00. The number of carbonyl (C=O) groups is 1. The van der Waals surface area contributed by atoms with Crippen molar-refractivity contribution in [2.24, 2.45) is 0 Å². The van der Waals surface area contributed by atoms with E-state index in [1.165, 1.54) is 0 Å². The molecule has 96 valence electrons. The van der Waals surface area contributed by atoms with Crippen LogP contribution in [0.2, 0.25) is 5.02 Å². The molecule has 0 amide bonds. The molecule has 0 unspecified atom stereocenters. The number of benzene rings is 1. The highest BCUT2D eigenvalue weighted by Crippen LogP contribution is 2.25. The van der Waals surface area contributed by atoms with Crippen molar-refractivity contribution >= 4 is 27.4 Å². The van der Waals surface area contributed by atoms with Gasteiger partial charge in [0.15, 0.2) is 9.84 Å². The van der Waals surface area contributed by atoms with Gasteiger partial charge in [0.1, 0.15) is 5.82 Å². The van der Waals surface area contributed by atoms with Gasteiger partial charge < -0.3 is 5.11 Å². The molecule has 1 aromatic rings. The predicted octanol–water partition coefficient (Wildman–Crippen LogP) is 1.97. The van der Waals surface area contributed by atoms with E-state index in [4.69, 9.17) is 23.1 Å². The second-order valence-corrected chi connectivity index (χ2v) is 5.83. The average Bonchev–Trinajstić information content (AvgIpc) is 2.29. The van der Waals surface area contributed by atoms with Crippen molar-refractivity contribution in [3.8, 4) is 12.3 Å². The average molecular weight is 291 g/mol. The van der Waals surface area contributed by atoms with Gasteiger partial charge in [0.25, 0.3) is 0 Å². The highest BCUT2D eigenvalue weighted by Gasteiger charge is 2.21. The first kappa shape index (κ1) is 14.5. The van der Waals surface area contributed by atoms with Crippen LogP contribution in [0.1, 0.15) is 16.8 Å². The Morgan fingerprint density at radius 3 is 2.61 bits per heavy atom. The molecule has 1 aromatic carbocycles. The number of rotatable bonds is 4. The molecule has 0 radical (unpaired) electrons. The number of hydrogen-bond donors (Lipinski definition) is 1. The number of halogens is 2. The molecular weight excluding hydrogens is 283 g/mol. The van der Waals surface area contributed by atoms with Crippen LogP contribution in [0.3, 0.4) is 0 Å². The van der Waals surface area contributed by atoms with Crippen molar-refractivity contribution in [3.63, 3.8) is 0 Å². The lowest BCUT2D eigenvalue weighted by Gasteiger charge is -2.06. The predicted molar refractivity (Wildman–Crippen MR) is 63.9 cm³/mol. The summed E-state index contributed by atoms with van der Waals surface area (Å²) in [6.07, 6.45) is 4.90. The maximum absolute atomic E-state index is 13.4. The second kappa shape index (κ2) is 5.38. The molecule has 0 atom stereocenters. The van der Waals surface area contributed by atoms with Gasteiger partial charge in [0.05, 0.1) is 21.2 Å². The van der Waals surface area contributed by atoms with E-state index >= 15 is 0 Å². The summed E-state index contributed by atoms with van der Waals surface area (Å²) in [7, 11) is -3.82. The summed E-state index contributed by atoms with van der Waals surface area (Å²) in [5.41, 5.74) is -0.601. The second-order valence-electron chi connectivity index (χ2n) is 3.34. The van der Waals surface area contributed by atoms with Crippen molar-refractivity contribution in [3.05, 3.63) is 28.5 Å². The smallest absolute Gasteiger partial charge is 0.337 e. The minimum Gasteiger partial charge on any atom is -0.478 e. The van der Waals surface area contributed by atoms with Crippen molar-refractivity contribution in [2.45, 2.75) is 11.3 Å². The summed E-state index contributed by atoms with van der Waals surface area (Å²) >= 11 is 5.43. The van der Waals surface area contributed by atoms with Crippen molar-refractivity contribution < 1.29 is 22.7 Å². The highest BCUT2D eigenvalue weighted by atomic mass is 35.5. The van der Waals surface area contributed by atoms with Crippen molar-refractivity contribution in [2.75, 3.05) is 5.75 Å². The van der Waals surface area contributed by atoms with Gasteiger partial charge in [-0.1, -0.05) is 11.6 Å². The van der Waals surface area contributed by atoms with E-state index in [9.17, 15) is 17.6 Å². The third-order valence-corrected chi connectivity index (χ3v) is 4.19. The highest BCUT2D eigenvalue weighted by molar-refractivity contribution is 7.91. The van der Waals surface area contributed by atoms with Gasteiger partial charge in [-0.3, -0.25) is 0 Å². The Kier molecular flexibility index (Phi) is 4.33. The molecule has 0 aliphatic rings. The molecule has 1 rings (SSSR count). The van der Waals surface area contributed by atoms with Crippen LogP contribution < -0.4 is 0 Å². The molecule has 0 aromatic heterocycles. The van der Waals surface area contributed by atoms with E-state index in [1.807, 2.05) is 0 Å². The van der Waals surface area contributed by atoms with Gasteiger partial charge in [-0.2, -0.15) is 0 Å². The Morgan fingerprint density at radius 1 is 1.50 bits per heavy atom. The Bertz CT molecular complexity index is 631. The van der Waals surface area contributed by atoms with E-state index in [1.54, 1.807) is 0 Å². The lowest BCUT2D eigenvalue weighted by atomic mass is 10.2. The van der Waals surface area contributed by atoms with Gasteiger partial charge in [0.2, 0.25) is 0 Å². The number of aromatic carboxylic acids is 1. The molecular formula is C11H8ClFO4S. The van der Waals surface area contributed by atoms with Crippen LogP contribution >= 0.6 is 11.6 Å². The van der Waals surface area contributed by atoms with E-state index in [-0.39, 0.29) is 12.2 Å². The molecule has 0 heterocycles. The number of hydrogen-bond acceptors (Lipinski definition) is 3. The van der Waals surface area contributed by atoms with Crippen LogP contribution in [0.4, 0.5) is 4.39 Å². The van der Waals surface area contributed by atoms with Crippen LogP contribution in [0.5, 0.6) is 0 Å². The van der Waals surface area contributed by atoms with Crippen LogP contribution in [-0.2, 0) is 9.84 Å².